The van der Waals surface area contributed by atoms with Crippen molar-refractivity contribution in [3.8, 4) is 11.5 Å². The summed E-state index contributed by atoms with van der Waals surface area (Å²) in [6, 6.07) is 5.17. The molecule has 2 N–H and O–H groups in total. The molecule has 0 aliphatic carbocycles. The molecule has 2 aliphatic rings. The number of nitrogens with zero attached hydrogens (tertiary/aromatic N) is 2. The third kappa shape index (κ3) is 5.58. The van der Waals surface area contributed by atoms with Crippen LogP contribution in [0.15, 0.2) is 18.2 Å². The molecule has 27 heavy (non-hydrogen) atoms. The maximum Gasteiger partial charge on any atom is 0.308 e. The molecule has 148 valence electrons. The first-order valence-corrected chi connectivity index (χ1v) is 9.34. The zero-order valence-corrected chi connectivity index (χ0v) is 15.6. The highest BCUT2D eigenvalue weighted by Gasteiger charge is 2.25. The minimum atomic E-state index is -0.940. The Labute approximate surface area is 159 Å². The summed E-state index contributed by atoms with van der Waals surface area (Å²) in [6.07, 6.45) is 0.947. The van der Waals surface area contributed by atoms with Crippen LogP contribution in [0.5, 0.6) is 11.5 Å². The number of aliphatic carboxylic acids is 1. The van der Waals surface area contributed by atoms with Gasteiger partial charge in [0.25, 0.3) is 0 Å². The van der Waals surface area contributed by atoms with Crippen LogP contribution in [-0.4, -0.2) is 79.8 Å². The van der Waals surface area contributed by atoms with E-state index >= 15 is 0 Å². The quantitative estimate of drug-likeness (QED) is 0.768. The van der Waals surface area contributed by atoms with Crippen molar-refractivity contribution in [2.75, 3.05) is 58.3 Å². The topological polar surface area (TPSA) is 91.3 Å². The fourth-order valence-electron chi connectivity index (χ4n) is 3.38. The number of benzene rings is 1. The molecule has 1 atom stereocenters. The largest absolute Gasteiger partial charge is 0.486 e. The van der Waals surface area contributed by atoms with Gasteiger partial charge in [0.2, 0.25) is 5.91 Å². The number of carbonyl (C=O) groups is 2. The number of nitrogens with one attached hydrogen (secondary N) is 1. The first-order valence-electron chi connectivity index (χ1n) is 9.34. The van der Waals surface area contributed by atoms with E-state index in [2.05, 4.69) is 22.2 Å². The van der Waals surface area contributed by atoms with Crippen molar-refractivity contribution >= 4 is 17.6 Å². The second kappa shape index (κ2) is 9.05. The molecule has 0 saturated carbocycles. The smallest absolute Gasteiger partial charge is 0.308 e. The average Bonchev–Trinajstić information content (AvgIpc) is 2.85. The van der Waals surface area contributed by atoms with Crippen LogP contribution in [0.1, 0.15) is 12.8 Å². The Morgan fingerprint density at radius 2 is 1.93 bits per heavy atom. The Hall–Kier alpha value is -2.32. The van der Waals surface area contributed by atoms with E-state index < -0.39 is 11.9 Å². The maximum absolute atomic E-state index is 12.4. The number of hydrogen-bond donors (Lipinski definition) is 2. The van der Waals surface area contributed by atoms with Gasteiger partial charge in [0.15, 0.2) is 11.5 Å². The molecular formula is C19H27N3O5. The van der Waals surface area contributed by atoms with Crippen LogP contribution < -0.4 is 14.8 Å². The molecule has 3 rings (SSSR count). The Balaban J connectivity index is 1.56. The number of rotatable bonds is 6. The predicted octanol–water partition coefficient (Wildman–Crippen LogP) is 1.12. The van der Waals surface area contributed by atoms with Gasteiger partial charge in [-0.25, -0.2) is 0 Å². The van der Waals surface area contributed by atoms with Gasteiger partial charge < -0.3 is 29.7 Å². The van der Waals surface area contributed by atoms with Crippen molar-refractivity contribution in [2.45, 2.75) is 12.8 Å². The van der Waals surface area contributed by atoms with Crippen LogP contribution in [-0.2, 0) is 9.59 Å². The molecule has 0 bridgehead atoms. The van der Waals surface area contributed by atoms with Crippen molar-refractivity contribution < 1.29 is 24.2 Å². The summed E-state index contributed by atoms with van der Waals surface area (Å²) in [4.78, 5) is 28.4. The van der Waals surface area contributed by atoms with Crippen molar-refractivity contribution in [1.82, 2.24) is 9.80 Å². The van der Waals surface area contributed by atoms with Gasteiger partial charge in [-0.05, 0) is 38.7 Å². The molecule has 8 nitrogen and oxygen atoms in total. The van der Waals surface area contributed by atoms with E-state index in [4.69, 9.17) is 9.47 Å². The summed E-state index contributed by atoms with van der Waals surface area (Å²) in [5, 5.41) is 12.3. The minimum Gasteiger partial charge on any atom is -0.486 e. The van der Waals surface area contributed by atoms with Crippen molar-refractivity contribution in [3.63, 3.8) is 0 Å². The fraction of sp³-hybridized carbons (Fsp3) is 0.579. The number of carboxylic acids is 1. The molecule has 2 aliphatic heterocycles. The number of fused-ring (bicyclic) bond motifs is 1. The molecule has 1 saturated heterocycles. The van der Waals surface area contributed by atoms with E-state index in [0.29, 0.717) is 36.9 Å². The number of hydrogen-bond acceptors (Lipinski definition) is 6. The monoisotopic (exact) mass is 377 g/mol. The molecule has 0 radical (unpaired) electrons. The highest BCUT2D eigenvalue weighted by Crippen LogP contribution is 2.32. The molecular weight excluding hydrogens is 350 g/mol. The Kier molecular flexibility index (Phi) is 6.52. The first kappa shape index (κ1) is 19.4. The summed E-state index contributed by atoms with van der Waals surface area (Å²) in [6.45, 7) is 4.97. The lowest BCUT2D eigenvalue weighted by Crippen LogP contribution is -2.37. The van der Waals surface area contributed by atoms with Gasteiger partial charge in [0, 0.05) is 37.8 Å². The van der Waals surface area contributed by atoms with Crippen LogP contribution >= 0.6 is 0 Å². The van der Waals surface area contributed by atoms with E-state index in [1.807, 2.05) is 0 Å². The average molecular weight is 377 g/mol. The third-order valence-corrected chi connectivity index (χ3v) is 4.90. The van der Waals surface area contributed by atoms with E-state index in [0.717, 1.165) is 32.6 Å². The molecule has 1 fully saturated rings. The van der Waals surface area contributed by atoms with Crippen molar-refractivity contribution in [2.24, 2.45) is 5.92 Å². The van der Waals surface area contributed by atoms with Crippen LogP contribution in [0, 0.1) is 5.92 Å². The van der Waals surface area contributed by atoms with Gasteiger partial charge in [-0.1, -0.05) is 0 Å². The lowest BCUT2D eigenvalue weighted by Gasteiger charge is -2.24. The van der Waals surface area contributed by atoms with E-state index in [9.17, 15) is 14.7 Å². The molecule has 0 aromatic heterocycles. The number of amides is 1. The maximum atomic E-state index is 12.4. The summed E-state index contributed by atoms with van der Waals surface area (Å²) in [5.74, 6) is -0.752. The minimum absolute atomic E-state index is 0.0594. The number of anilines is 1. The molecule has 8 heteroatoms. The van der Waals surface area contributed by atoms with Crippen molar-refractivity contribution in [1.29, 1.82) is 0 Å². The van der Waals surface area contributed by atoms with E-state index in [-0.39, 0.29) is 12.3 Å². The van der Waals surface area contributed by atoms with Gasteiger partial charge in [-0.2, -0.15) is 0 Å². The summed E-state index contributed by atoms with van der Waals surface area (Å²) in [5.41, 5.74) is 0.574. The van der Waals surface area contributed by atoms with Crippen LogP contribution in [0.25, 0.3) is 0 Å². The van der Waals surface area contributed by atoms with Crippen LogP contribution in [0.3, 0.4) is 0 Å². The third-order valence-electron chi connectivity index (χ3n) is 4.90. The lowest BCUT2D eigenvalue weighted by molar-refractivity contribution is -0.144. The van der Waals surface area contributed by atoms with Gasteiger partial charge in [0.1, 0.15) is 13.2 Å². The SMILES string of the molecule is CN1CCCN(C[C@@H](CC(=O)Nc2ccc3c(c2)OCCO3)C(=O)O)CC1. The lowest BCUT2D eigenvalue weighted by atomic mass is 10.0. The molecule has 1 aromatic rings. The summed E-state index contributed by atoms with van der Waals surface area (Å²) in [7, 11) is 2.07. The van der Waals surface area contributed by atoms with Crippen LogP contribution in [0.4, 0.5) is 5.69 Å². The van der Waals surface area contributed by atoms with E-state index in [1.165, 1.54) is 0 Å². The summed E-state index contributed by atoms with van der Waals surface area (Å²) >= 11 is 0. The standard InChI is InChI=1S/C19H27N3O5/c1-21-5-2-6-22(8-7-21)13-14(19(24)25)11-18(23)20-15-3-4-16-17(12-15)27-10-9-26-16/h3-4,12,14H,2,5-11,13H2,1H3,(H,20,23)(H,24,25)/t14-/m1/s1. The summed E-state index contributed by atoms with van der Waals surface area (Å²) < 4.78 is 11.0. The van der Waals surface area contributed by atoms with Gasteiger partial charge in [0.05, 0.1) is 5.92 Å². The fourth-order valence-corrected chi connectivity index (χ4v) is 3.38. The van der Waals surface area contributed by atoms with Gasteiger partial charge in [-0.15, -0.1) is 0 Å². The second-order valence-corrected chi connectivity index (χ2v) is 7.10. The second-order valence-electron chi connectivity index (χ2n) is 7.10. The molecule has 1 amide bonds. The Bertz CT molecular complexity index is 681. The van der Waals surface area contributed by atoms with Crippen molar-refractivity contribution in [3.05, 3.63) is 18.2 Å². The molecule has 0 spiro atoms. The zero-order valence-electron chi connectivity index (χ0n) is 15.6. The van der Waals surface area contributed by atoms with Gasteiger partial charge >= 0.3 is 5.97 Å². The number of likely N-dealkylation sites (N-methyl/N-ethyl adjacent to an activating group) is 1. The first-order chi connectivity index (χ1) is 13.0. The number of ether oxygens (including phenoxy) is 2. The van der Waals surface area contributed by atoms with Crippen LogP contribution in [0.2, 0.25) is 0 Å². The highest BCUT2D eigenvalue weighted by atomic mass is 16.6. The number of carboxylic acid groups (broad SMARTS) is 1. The number of carbonyl (C=O) groups excluding carboxylic acids is 1. The Morgan fingerprint density at radius 1 is 1.15 bits per heavy atom. The normalized spacial score (nSPS) is 19.1. The molecule has 0 unspecified atom stereocenters. The zero-order chi connectivity index (χ0) is 19.2. The molecule has 2 heterocycles. The van der Waals surface area contributed by atoms with E-state index in [1.54, 1.807) is 18.2 Å². The van der Waals surface area contributed by atoms with Gasteiger partial charge in [-0.3, -0.25) is 9.59 Å². The predicted molar refractivity (Wildman–Crippen MR) is 100 cm³/mol. The Morgan fingerprint density at radius 3 is 2.70 bits per heavy atom. The molecule has 1 aromatic carbocycles. The highest BCUT2D eigenvalue weighted by molar-refractivity contribution is 5.93.